The molecule has 2 heterocycles. The minimum Gasteiger partial charge on any atom is -0.489 e. The largest absolute Gasteiger partial charge is 0.489 e. The average molecular weight is 239 g/mol. The van der Waals surface area contributed by atoms with Gasteiger partial charge in [-0.25, -0.2) is 0 Å². The number of thioether (sulfide) groups is 1. The zero-order chi connectivity index (χ0) is 11.2. The maximum Gasteiger partial charge on any atom is 0.273 e. The van der Waals surface area contributed by atoms with Crippen LogP contribution in [0.1, 0.15) is 0 Å². The minimum atomic E-state index is -0.414. The average Bonchev–Trinajstić information content (AvgIpc) is 3.07. The van der Waals surface area contributed by atoms with E-state index in [1.54, 1.807) is 17.8 Å². The Morgan fingerprint density at radius 2 is 2.25 bits per heavy atom. The second kappa shape index (κ2) is 3.36. The predicted molar refractivity (Wildman–Crippen MR) is 58.0 cm³/mol. The van der Waals surface area contributed by atoms with Crippen molar-refractivity contribution in [2.75, 3.05) is 19.0 Å². The number of non-ortho nitro benzene ring substituents is 1. The molecule has 0 bridgehead atoms. The monoisotopic (exact) mass is 239 g/mol. The SMILES string of the molecule is O=[N+]([O-])c1ccc2c(c1)OC[C@]1(CO1)CS2. The van der Waals surface area contributed by atoms with Crippen LogP contribution >= 0.6 is 11.8 Å². The van der Waals surface area contributed by atoms with E-state index >= 15 is 0 Å². The number of hydrogen-bond acceptors (Lipinski definition) is 5. The fraction of sp³-hybridized carbons (Fsp3) is 0.400. The van der Waals surface area contributed by atoms with Gasteiger partial charge in [0.1, 0.15) is 18.0 Å². The predicted octanol–water partition coefficient (Wildman–Crippen LogP) is 1.85. The van der Waals surface area contributed by atoms with Crippen molar-refractivity contribution in [3.63, 3.8) is 0 Å². The molecular formula is C10H9NO4S. The van der Waals surface area contributed by atoms with E-state index in [1.165, 1.54) is 12.1 Å². The standard InChI is InChI=1S/C10H9NO4S/c12-11(13)7-1-2-9-8(3-7)14-4-10(5-15-10)6-16-9/h1-3H,4-6H2/t10-/m0/s1. The van der Waals surface area contributed by atoms with Gasteiger partial charge in [-0.05, 0) is 6.07 Å². The normalized spacial score (nSPS) is 26.8. The van der Waals surface area contributed by atoms with E-state index in [9.17, 15) is 10.1 Å². The van der Waals surface area contributed by atoms with Gasteiger partial charge in [0.25, 0.3) is 5.69 Å². The van der Waals surface area contributed by atoms with Crippen LogP contribution in [0.25, 0.3) is 0 Å². The van der Waals surface area contributed by atoms with E-state index in [-0.39, 0.29) is 11.3 Å². The van der Waals surface area contributed by atoms with E-state index in [2.05, 4.69) is 0 Å². The van der Waals surface area contributed by atoms with Crippen molar-refractivity contribution in [2.24, 2.45) is 0 Å². The van der Waals surface area contributed by atoms with Gasteiger partial charge in [0, 0.05) is 16.7 Å². The molecule has 0 saturated carbocycles. The fourth-order valence-electron chi connectivity index (χ4n) is 1.57. The molecule has 1 aromatic rings. The van der Waals surface area contributed by atoms with E-state index < -0.39 is 4.92 Å². The third-order valence-corrected chi connectivity index (χ3v) is 3.99. The Hall–Kier alpha value is -1.27. The van der Waals surface area contributed by atoms with E-state index in [0.29, 0.717) is 12.4 Å². The number of hydrogen-bond donors (Lipinski definition) is 0. The van der Waals surface area contributed by atoms with Crippen molar-refractivity contribution in [2.45, 2.75) is 10.5 Å². The fourth-order valence-corrected chi connectivity index (χ4v) is 2.66. The van der Waals surface area contributed by atoms with Crippen LogP contribution in [0.3, 0.4) is 0 Å². The number of nitro groups is 1. The first-order valence-corrected chi connectivity index (χ1v) is 5.85. The summed E-state index contributed by atoms with van der Waals surface area (Å²) in [5.74, 6) is 1.43. The van der Waals surface area contributed by atoms with Crippen LogP contribution in [0.15, 0.2) is 23.1 Å². The lowest BCUT2D eigenvalue weighted by Gasteiger charge is -2.06. The Balaban J connectivity index is 1.92. The molecule has 0 aliphatic carbocycles. The van der Waals surface area contributed by atoms with Gasteiger partial charge < -0.3 is 9.47 Å². The number of epoxide rings is 1. The first kappa shape index (κ1) is 9.92. The Bertz CT molecular complexity index is 458. The maximum absolute atomic E-state index is 10.6. The summed E-state index contributed by atoms with van der Waals surface area (Å²) in [7, 11) is 0. The molecule has 5 nitrogen and oxygen atoms in total. The first-order valence-electron chi connectivity index (χ1n) is 4.87. The third kappa shape index (κ3) is 1.64. The lowest BCUT2D eigenvalue weighted by atomic mass is 10.2. The zero-order valence-corrected chi connectivity index (χ0v) is 9.16. The van der Waals surface area contributed by atoms with Crippen LogP contribution in [-0.2, 0) is 4.74 Å². The number of rotatable bonds is 1. The van der Waals surface area contributed by atoms with Crippen molar-refractivity contribution in [3.05, 3.63) is 28.3 Å². The van der Waals surface area contributed by atoms with E-state index in [4.69, 9.17) is 9.47 Å². The summed E-state index contributed by atoms with van der Waals surface area (Å²) in [4.78, 5) is 11.2. The highest BCUT2D eigenvalue weighted by Crippen LogP contribution is 2.42. The molecule has 3 rings (SSSR count). The van der Waals surface area contributed by atoms with Gasteiger partial charge in [-0.3, -0.25) is 10.1 Å². The van der Waals surface area contributed by atoms with Gasteiger partial charge in [-0.15, -0.1) is 11.8 Å². The highest BCUT2D eigenvalue weighted by atomic mass is 32.2. The topological polar surface area (TPSA) is 64.9 Å². The smallest absolute Gasteiger partial charge is 0.273 e. The van der Waals surface area contributed by atoms with Crippen molar-refractivity contribution < 1.29 is 14.4 Å². The number of ether oxygens (including phenoxy) is 2. The molecule has 1 spiro atoms. The summed E-state index contributed by atoms with van der Waals surface area (Å²) in [6, 6.07) is 4.71. The van der Waals surface area contributed by atoms with Crippen LogP contribution in [-0.4, -0.2) is 29.5 Å². The maximum atomic E-state index is 10.6. The van der Waals surface area contributed by atoms with Crippen molar-refractivity contribution in [1.29, 1.82) is 0 Å². The molecule has 16 heavy (non-hydrogen) atoms. The highest BCUT2D eigenvalue weighted by Gasteiger charge is 2.47. The molecule has 6 heteroatoms. The molecule has 0 N–H and O–H groups in total. The molecule has 1 aromatic carbocycles. The van der Waals surface area contributed by atoms with E-state index in [0.717, 1.165) is 17.3 Å². The van der Waals surface area contributed by atoms with Crippen LogP contribution < -0.4 is 4.74 Å². The molecule has 1 fully saturated rings. The molecule has 84 valence electrons. The lowest BCUT2D eigenvalue weighted by Crippen LogP contribution is -2.22. The van der Waals surface area contributed by atoms with Gasteiger partial charge in [-0.2, -0.15) is 0 Å². The summed E-state index contributed by atoms with van der Waals surface area (Å²) in [5.41, 5.74) is -0.0922. The van der Waals surface area contributed by atoms with Crippen LogP contribution in [0.2, 0.25) is 0 Å². The Morgan fingerprint density at radius 1 is 1.44 bits per heavy atom. The molecule has 0 aromatic heterocycles. The molecule has 0 radical (unpaired) electrons. The molecule has 1 saturated heterocycles. The summed E-state index contributed by atoms with van der Waals surface area (Å²) in [6.45, 7) is 1.20. The number of nitrogens with zero attached hydrogens (tertiary/aromatic N) is 1. The van der Waals surface area contributed by atoms with Gasteiger partial charge in [0.15, 0.2) is 0 Å². The molecular weight excluding hydrogens is 230 g/mol. The Labute approximate surface area is 95.9 Å². The molecule has 2 aliphatic rings. The van der Waals surface area contributed by atoms with E-state index in [1.807, 2.05) is 0 Å². The van der Waals surface area contributed by atoms with Crippen molar-refractivity contribution in [3.8, 4) is 5.75 Å². The lowest BCUT2D eigenvalue weighted by molar-refractivity contribution is -0.385. The van der Waals surface area contributed by atoms with Gasteiger partial charge >= 0.3 is 0 Å². The minimum absolute atomic E-state index is 0.0621. The highest BCUT2D eigenvalue weighted by molar-refractivity contribution is 7.99. The number of fused-ring (bicyclic) bond motifs is 1. The summed E-state index contributed by atoms with van der Waals surface area (Å²) in [6.07, 6.45) is 0. The van der Waals surface area contributed by atoms with Crippen LogP contribution in [0.5, 0.6) is 5.75 Å². The second-order valence-corrected chi connectivity index (χ2v) is 4.95. The van der Waals surface area contributed by atoms with Gasteiger partial charge in [-0.1, -0.05) is 0 Å². The van der Waals surface area contributed by atoms with Gasteiger partial charge in [0.2, 0.25) is 0 Å². The quantitative estimate of drug-likeness (QED) is 0.425. The van der Waals surface area contributed by atoms with Crippen LogP contribution in [0.4, 0.5) is 5.69 Å². The number of benzene rings is 1. The third-order valence-electron chi connectivity index (χ3n) is 2.67. The van der Waals surface area contributed by atoms with Crippen LogP contribution in [0, 0.1) is 10.1 Å². The number of nitro benzene ring substituents is 1. The second-order valence-electron chi connectivity index (χ2n) is 3.94. The molecule has 2 aliphatic heterocycles. The van der Waals surface area contributed by atoms with Crippen molar-refractivity contribution in [1.82, 2.24) is 0 Å². The summed E-state index contributed by atoms with van der Waals surface area (Å²) < 4.78 is 10.9. The first-order chi connectivity index (χ1) is 7.69. The molecule has 0 amide bonds. The molecule has 0 unspecified atom stereocenters. The zero-order valence-electron chi connectivity index (χ0n) is 8.34. The van der Waals surface area contributed by atoms with Gasteiger partial charge in [0.05, 0.1) is 17.6 Å². The molecule has 1 atom stereocenters. The van der Waals surface area contributed by atoms with Crippen molar-refractivity contribution >= 4 is 17.4 Å². The Morgan fingerprint density at radius 3 is 2.94 bits per heavy atom. The summed E-state index contributed by atoms with van der Waals surface area (Å²) in [5, 5.41) is 10.6. The summed E-state index contributed by atoms with van der Waals surface area (Å²) >= 11 is 1.63. The Kier molecular flexibility index (Phi) is 2.08.